The lowest BCUT2D eigenvalue weighted by molar-refractivity contribution is -0.124. The van der Waals surface area contributed by atoms with Gasteiger partial charge in [-0.05, 0) is 40.0 Å². The Hall–Kier alpha value is -0.420. The summed E-state index contributed by atoms with van der Waals surface area (Å²) in [4.78, 5) is 12.0. The Morgan fingerprint density at radius 1 is 1.47 bits per heavy atom. The molecular formula is C12H24N2O2S. The summed E-state index contributed by atoms with van der Waals surface area (Å²) in [5.41, 5.74) is 0. The first-order valence-electron chi connectivity index (χ1n) is 6.34. The standard InChI is InChI=1S/C12H24N2O2S/c1-5-8-13-11(15)10-7-6-9-14(10)17(16)12(2,3)4/h10H,5-9H2,1-4H3,(H,13,15). The van der Waals surface area contributed by atoms with Gasteiger partial charge in [-0.1, -0.05) is 6.92 Å². The molecule has 100 valence electrons. The van der Waals surface area contributed by atoms with Crippen molar-refractivity contribution in [1.82, 2.24) is 9.62 Å². The first kappa shape index (κ1) is 14.6. The van der Waals surface area contributed by atoms with Gasteiger partial charge in [0, 0.05) is 13.1 Å². The molecule has 1 rings (SSSR count). The maximum atomic E-state index is 12.3. The van der Waals surface area contributed by atoms with Crippen molar-refractivity contribution in [1.29, 1.82) is 0 Å². The summed E-state index contributed by atoms with van der Waals surface area (Å²) in [5, 5.41) is 2.90. The summed E-state index contributed by atoms with van der Waals surface area (Å²) < 4.78 is 13.9. The van der Waals surface area contributed by atoms with Crippen molar-refractivity contribution in [2.45, 2.75) is 57.7 Å². The highest BCUT2D eigenvalue weighted by Gasteiger charge is 2.38. The number of rotatable bonds is 4. The molecule has 1 aliphatic heterocycles. The lowest BCUT2D eigenvalue weighted by atomic mass is 10.2. The van der Waals surface area contributed by atoms with Crippen LogP contribution in [0.25, 0.3) is 0 Å². The van der Waals surface area contributed by atoms with Crippen LogP contribution >= 0.6 is 0 Å². The number of carbonyl (C=O) groups is 1. The molecule has 1 N–H and O–H groups in total. The Labute approximate surface area is 107 Å². The maximum absolute atomic E-state index is 12.3. The van der Waals surface area contributed by atoms with Gasteiger partial charge in [0.25, 0.3) is 0 Å². The number of hydrogen-bond donors (Lipinski definition) is 1. The lowest BCUT2D eigenvalue weighted by Crippen LogP contribution is -2.47. The average molecular weight is 260 g/mol. The molecule has 1 aliphatic rings. The third kappa shape index (κ3) is 3.78. The van der Waals surface area contributed by atoms with Crippen LogP contribution in [0.1, 0.15) is 47.0 Å². The molecule has 5 heteroatoms. The maximum Gasteiger partial charge on any atom is 0.238 e. The molecule has 0 aromatic rings. The molecule has 4 nitrogen and oxygen atoms in total. The molecule has 0 spiro atoms. The Balaban J connectivity index is 2.66. The SMILES string of the molecule is CCCNC(=O)C1CCCN1S(=O)C(C)(C)C. The van der Waals surface area contributed by atoms with Gasteiger partial charge in [0.2, 0.25) is 5.91 Å². The van der Waals surface area contributed by atoms with Gasteiger partial charge < -0.3 is 5.32 Å². The van der Waals surface area contributed by atoms with Crippen LogP contribution in [0.4, 0.5) is 0 Å². The highest BCUT2D eigenvalue weighted by atomic mass is 32.2. The Kier molecular flexibility index (Phi) is 5.13. The first-order chi connectivity index (χ1) is 7.88. The first-order valence-corrected chi connectivity index (χ1v) is 7.45. The van der Waals surface area contributed by atoms with Crippen molar-refractivity contribution in [3.63, 3.8) is 0 Å². The second kappa shape index (κ2) is 5.96. The fraction of sp³-hybridized carbons (Fsp3) is 0.917. The fourth-order valence-electron chi connectivity index (χ4n) is 1.92. The van der Waals surface area contributed by atoms with Crippen LogP contribution in [0.2, 0.25) is 0 Å². The van der Waals surface area contributed by atoms with Crippen molar-refractivity contribution >= 4 is 16.9 Å². The molecule has 0 bridgehead atoms. The highest BCUT2D eigenvalue weighted by Crippen LogP contribution is 2.25. The van der Waals surface area contributed by atoms with Crippen molar-refractivity contribution in [3.8, 4) is 0 Å². The van der Waals surface area contributed by atoms with Crippen LogP contribution in [0.15, 0.2) is 0 Å². The van der Waals surface area contributed by atoms with Crippen LogP contribution < -0.4 is 5.32 Å². The molecule has 1 fully saturated rings. The number of amides is 1. The van der Waals surface area contributed by atoms with Crippen molar-refractivity contribution < 1.29 is 9.00 Å². The summed E-state index contributed by atoms with van der Waals surface area (Å²) in [6.07, 6.45) is 2.70. The van der Waals surface area contributed by atoms with Crippen molar-refractivity contribution in [2.75, 3.05) is 13.1 Å². The molecule has 1 saturated heterocycles. The topological polar surface area (TPSA) is 49.4 Å². The third-order valence-corrected chi connectivity index (χ3v) is 4.70. The van der Waals surface area contributed by atoms with Gasteiger partial charge in [0.15, 0.2) is 0 Å². The molecule has 1 amide bonds. The summed E-state index contributed by atoms with van der Waals surface area (Å²) in [5.74, 6) is 0.0296. The van der Waals surface area contributed by atoms with E-state index in [1.165, 1.54) is 0 Å². The number of nitrogens with one attached hydrogen (secondary N) is 1. The molecular weight excluding hydrogens is 236 g/mol. The fourth-order valence-corrected chi connectivity index (χ4v) is 3.35. The predicted octanol–water partition coefficient (Wildman–Crippen LogP) is 1.44. The average Bonchev–Trinajstić information content (AvgIpc) is 2.72. The van der Waals surface area contributed by atoms with E-state index in [9.17, 15) is 9.00 Å². The zero-order valence-electron chi connectivity index (χ0n) is 11.3. The van der Waals surface area contributed by atoms with Gasteiger partial charge in [0.05, 0.1) is 4.75 Å². The molecule has 2 unspecified atom stereocenters. The van der Waals surface area contributed by atoms with Gasteiger partial charge in [0.1, 0.15) is 17.0 Å². The summed E-state index contributed by atoms with van der Waals surface area (Å²) in [7, 11) is -1.10. The second-order valence-corrected chi connectivity index (χ2v) is 7.64. The summed E-state index contributed by atoms with van der Waals surface area (Å²) in [6, 6.07) is -0.207. The smallest absolute Gasteiger partial charge is 0.238 e. The van der Waals surface area contributed by atoms with E-state index < -0.39 is 11.0 Å². The van der Waals surface area contributed by atoms with E-state index in [0.717, 1.165) is 25.8 Å². The molecule has 0 radical (unpaired) electrons. The quantitative estimate of drug-likeness (QED) is 0.831. The van der Waals surface area contributed by atoms with Gasteiger partial charge in [-0.15, -0.1) is 0 Å². The van der Waals surface area contributed by atoms with Gasteiger partial charge >= 0.3 is 0 Å². The highest BCUT2D eigenvalue weighted by molar-refractivity contribution is 7.84. The zero-order chi connectivity index (χ0) is 13.1. The lowest BCUT2D eigenvalue weighted by Gasteiger charge is -2.29. The van der Waals surface area contributed by atoms with Gasteiger partial charge in [-0.3, -0.25) is 4.79 Å². The van der Waals surface area contributed by atoms with E-state index in [2.05, 4.69) is 5.32 Å². The third-order valence-electron chi connectivity index (χ3n) is 2.79. The van der Waals surface area contributed by atoms with Crippen LogP contribution in [0.5, 0.6) is 0 Å². The molecule has 2 atom stereocenters. The minimum Gasteiger partial charge on any atom is -0.355 e. The predicted molar refractivity (Wildman–Crippen MR) is 70.9 cm³/mol. The number of nitrogens with zero attached hydrogens (tertiary/aromatic N) is 1. The van der Waals surface area contributed by atoms with E-state index in [1.54, 1.807) is 0 Å². The van der Waals surface area contributed by atoms with Gasteiger partial charge in [-0.25, -0.2) is 8.51 Å². The van der Waals surface area contributed by atoms with Crippen LogP contribution in [-0.2, 0) is 15.8 Å². The monoisotopic (exact) mass is 260 g/mol. The number of carbonyl (C=O) groups excluding carboxylic acids is 1. The molecule has 0 aromatic carbocycles. The van der Waals surface area contributed by atoms with Crippen LogP contribution in [0, 0.1) is 0 Å². The van der Waals surface area contributed by atoms with E-state index in [-0.39, 0.29) is 16.7 Å². The number of hydrogen-bond acceptors (Lipinski definition) is 2. The Morgan fingerprint density at radius 3 is 2.65 bits per heavy atom. The largest absolute Gasteiger partial charge is 0.355 e. The molecule has 0 aromatic heterocycles. The minimum absolute atomic E-state index is 0.0296. The molecule has 0 aliphatic carbocycles. The zero-order valence-corrected chi connectivity index (χ0v) is 12.1. The summed E-state index contributed by atoms with van der Waals surface area (Å²) in [6.45, 7) is 9.33. The van der Waals surface area contributed by atoms with Gasteiger partial charge in [-0.2, -0.15) is 0 Å². The van der Waals surface area contributed by atoms with E-state index in [4.69, 9.17) is 0 Å². The van der Waals surface area contributed by atoms with E-state index >= 15 is 0 Å². The van der Waals surface area contributed by atoms with E-state index in [0.29, 0.717) is 6.54 Å². The normalized spacial score (nSPS) is 23.6. The van der Waals surface area contributed by atoms with E-state index in [1.807, 2.05) is 32.0 Å². The van der Waals surface area contributed by atoms with Crippen LogP contribution in [-0.4, -0.2) is 38.3 Å². The molecule has 17 heavy (non-hydrogen) atoms. The molecule has 1 heterocycles. The van der Waals surface area contributed by atoms with Crippen molar-refractivity contribution in [2.24, 2.45) is 0 Å². The Bertz CT molecular complexity index is 299. The van der Waals surface area contributed by atoms with Crippen LogP contribution in [0.3, 0.4) is 0 Å². The summed E-state index contributed by atoms with van der Waals surface area (Å²) >= 11 is 0. The van der Waals surface area contributed by atoms with Crippen molar-refractivity contribution in [3.05, 3.63) is 0 Å². The minimum atomic E-state index is -1.10. The molecule has 0 saturated carbocycles. The Morgan fingerprint density at radius 2 is 2.12 bits per heavy atom. The second-order valence-electron chi connectivity index (χ2n) is 5.45.